The van der Waals surface area contributed by atoms with Crippen molar-refractivity contribution in [1.82, 2.24) is 0 Å². The van der Waals surface area contributed by atoms with E-state index in [-0.39, 0.29) is 5.78 Å². The predicted molar refractivity (Wildman–Crippen MR) is 86.7 cm³/mol. The molecule has 0 atom stereocenters. The van der Waals surface area contributed by atoms with Gasteiger partial charge in [-0.15, -0.1) is 0 Å². The minimum absolute atomic E-state index is 0.132. The molecule has 2 aromatic carbocycles. The summed E-state index contributed by atoms with van der Waals surface area (Å²) in [6, 6.07) is 10.5. The summed E-state index contributed by atoms with van der Waals surface area (Å²) in [7, 11) is 0. The fourth-order valence-corrected chi connectivity index (χ4v) is 2.05. The van der Waals surface area contributed by atoms with Gasteiger partial charge in [0.1, 0.15) is 5.75 Å². The molecule has 0 aliphatic carbocycles. The molecule has 0 aliphatic heterocycles. The third kappa shape index (κ3) is 2.91. The second-order valence-electron chi connectivity index (χ2n) is 5.01. The van der Waals surface area contributed by atoms with Crippen molar-refractivity contribution in [2.24, 2.45) is 5.73 Å². The number of ketones is 1. The SMILES string of the molecule is C=C(C)C(=O)c1cccc2c(OC(=O)C(C)=CN)cccc12. The Bertz CT molecular complexity index is 803. The predicted octanol–water partition coefficient (Wildman–Crippen LogP) is 3.37. The van der Waals surface area contributed by atoms with Gasteiger partial charge < -0.3 is 10.5 Å². The van der Waals surface area contributed by atoms with Crippen molar-refractivity contribution in [3.05, 3.63) is 65.9 Å². The molecule has 2 rings (SSSR count). The number of carbonyl (C=O) groups excluding carboxylic acids is 2. The van der Waals surface area contributed by atoms with E-state index in [0.717, 1.165) is 5.39 Å². The number of hydrogen-bond acceptors (Lipinski definition) is 4. The molecule has 22 heavy (non-hydrogen) atoms. The van der Waals surface area contributed by atoms with Crippen LogP contribution in [0.4, 0.5) is 0 Å². The van der Waals surface area contributed by atoms with Crippen molar-refractivity contribution in [3.8, 4) is 5.75 Å². The van der Waals surface area contributed by atoms with Gasteiger partial charge in [-0.3, -0.25) is 4.79 Å². The molecule has 0 spiro atoms. The van der Waals surface area contributed by atoms with Crippen LogP contribution in [-0.4, -0.2) is 11.8 Å². The van der Waals surface area contributed by atoms with Gasteiger partial charge in [-0.2, -0.15) is 0 Å². The number of nitrogens with two attached hydrogens (primary N) is 1. The highest BCUT2D eigenvalue weighted by Crippen LogP contribution is 2.29. The van der Waals surface area contributed by atoms with Crippen LogP contribution in [0.15, 0.2) is 60.3 Å². The molecule has 0 unspecified atom stereocenters. The molecule has 0 saturated heterocycles. The maximum atomic E-state index is 12.2. The Labute approximate surface area is 128 Å². The highest BCUT2D eigenvalue weighted by molar-refractivity contribution is 6.16. The Morgan fingerprint density at radius 3 is 2.36 bits per heavy atom. The van der Waals surface area contributed by atoms with Crippen molar-refractivity contribution in [1.29, 1.82) is 0 Å². The molecule has 4 nitrogen and oxygen atoms in total. The first-order chi connectivity index (χ1) is 10.5. The van der Waals surface area contributed by atoms with E-state index in [1.165, 1.54) is 6.20 Å². The summed E-state index contributed by atoms with van der Waals surface area (Å²) in [5.74, 6) is -0.265. The molecular weight excluding hydrogens is 278 g/mol. The summed E-state index contributed by atoms with van der Waals surface area (Å²) in [5.41, 5.74) is 6.62. The number of fused-ring (bicyclic) bond motifs is 1. The lowest BCUT2D eigenvalue weighted by Gasteiger charge is -2.10. The summed E-state index contributed by atoms with van der Waals surface area (Å²) in [6.07, 6.45) is 1.20. The van der Waals surface area contributed by atoms with Crippen molar-refractivity contribution in [2.45, 2.75) is 13.8 Å². The van der Waals surface area contributed by atoms with E-state index in [0.29, 0.717) is 27.8 Å². The van der Waals surface area contributed by atoms with Gasteiger partial charge in [-0.1, -0.05) is 36.9 Å². The average molecular weight is 295 g/mol. The van der Waals surface area contributed by atoms with Gasteiger partial charge in [0, 0.05) is 22.7 Å². The molecule has 2 aromatic rings. The fraction of sp³-hybridized carbons (Fsp3) is 0.111. The van der Waals surface area contributed by atoms with Crippen molar-refractivity contribution >= 4 is 22.5 Å². The number of hydrogen-bond donors (Lipinski definition) is 1. The standard InChI is InChI=1S/C18H17NO3/c1-11(2)17(20)15-8-4-7-14-13(15)6-5-9-16(14)22-18(21)12(3)10-19/h4-10H,1,19H2,2-3H3. The molecule has 0 amide bonds. The van der Waals surface area contributed by atoms with Crippen LogP contribution in [0.5, 0.6) is 5.75 Å². The van der Waals surface area contributed by atoms with Gasteiger partial charge in [0.2, 0.25) is 0 Å². The van der Waals surface area contributed by atoms with Gasteiger partial charge >= 0.3 is 5.97 Å². The molecule has 112 valence electrons. The second kappa shape index (κ2) is 6.26. The Morgan fingerprint density at radius 2 is 1.73 bits per heavy atom. The first-order valence-corrected chi connectivity index (χ1v) is 6.78. The van der Waals surface area contributed by atoms with Gasteiger partial charge in [0.15, 0.2) is 5.78 Å². The van der Waals surface area contributed by atoms with E-state index in [1.807, 2.05) is 6.07 Å². The fourth-order valence-electron chi connectivity index (χ4n) is 2.05. The largest absolute Gasteiger partial charge is 0.422 e. The van der Waals surface area contributed by atoms with Gasteiger partial charge in [-0.25, -0.2) is 4.79 Å². The van der Waals surface area contributed by atoms with E-state index in [4.69, 9.17) is 10.5 Å². The van der Waals surface area contributed by atoms with Crippen LogP contribution in [0.1, 0.15) is 24.2 Å². The number of Topliss-reactive ketones (excluding diaryl/α,β-unsaturated/α-hetero) is 1. The maximum absolute atomic E-state index is 12.2. The van der Waals surface area contributed by atoms with E-state index >= 15 is 0 Å². The third-order valence-corrected chi connectivity index (χ3v) is 3.29. The zero-order valence-corrected chi connectivity index (χ0v) is 12.6. The van der Waals surface area contributed by atoms with Crippen LogP contribution in [-0.2, 0) is 4.79 Å². The Kier molecular flexibility index (Phi) is 4.41. The van der Waals surface area contributed by atoms with E-state index in [9.17, 15) is 9.59 Å². The topological polar surface area (TPSA) is 69.4 Å². The summed E-state index contributed by atoms with van der Waals surface area (Å²) in [6.45, 7) is 6.93. The van der Waals surface area contributed by atoms with Gasteiger partial charge in [-0.05, 0) is 30.9 Å². The molecule has 0 bridgehead atoms. The lowest BCUT2D eigenvalue weighted by Crippen LogP contribution is -2.11. The molecule has 0 aromatic heterocycles. The van der Waals surface area contributed by atoms with Gasteiger partial charge in [0.05, 0.1) is 0 Å². The van der Waals surface area contributed by atoms with Crippen LogP contribution in [0, 0.1) is 0 Å². The average Bonchev–Trinajstić information content (AvgIpc) is 2.52. The Morgan fingerprint density at radius 1 is 1.09 bits per heavy atom. The quantitative estimate of drug-likeness (QED) is 0.406. The number of esters is 1. The van der Waals surface area contributed by atoms with Crippen molar-refractivity contribution in [2.75, 3.05) is 0 Å². The van der Waals surface area contributed by atoms with Crippen LogP contribution in [0.2, 0.25) is 0 Å². The molecule has 0 aliphatic rings. The van der Waals surface area contributed by atoms with Gasteiger partial charge in [0.25, 0.3) is 0 Å². The number of rotatable bonds is 4. The first kappa shape index (κ1) is 15.5. The summed E-state index contributed by atoms with van der Waals surface area (Å²) >= 11 is 0. The molecule has 4 heteroatoms. The minimum atomic E-state index is -0.522. The first-order valence-electron chi connectivity index (χ1n) is 6.78. The second-order valence-corrected chi connectivity index (χ2v) is 5.01. The monoisotopic (exact) mass is 295 g/mol. The number of ether oxygens (including phenoxy) is 1. The summed E-state index contributed by atoms with van der Waals surface area (Å²) in [5, 5.41) is 1.41. The lowest BCUT2D eigenvalue weighted by molar-refractivity contribution is -0.130. The summed E-state index contributed by atoms with van der Waals surface area (Å²) in [4.78, 5) is 24.1. The third-order valence-electron chi connectivity index (χ3n) is 3.29. The van der Waals surface area contributed by atoms with E-state index in [2.05, 4.69) is 6.58 Å². The molecule has 0 saturated carbocycles. The molecule has 0 fully saturated rings. The smallest absolute Gasteiger partial charge is 0.340 e. The highest BCUT2D eigenvalue weighted by atomic mass is 16.5. The van der Waals surface area contributed by atoms with E-state index in [1.54, 1.807) is 44.2 Å². The molecular formula is C18H17NO3. The van der Waals surface area contributed by atoms with Crippen LogP contribution in [0.3, 0.4) is 0 Å². The highest BCUT2D eigenvalue weighted by Gasteiger charge is 2.14. The molecule has 0 radical (unpaired) electrons. The minimum Gasteiger partial charge on any atom is -0.422 e. The zero-order chi connectivity index (χ0) is 16.3. The van der Waals surface area contributed by atoms with Crippen LogP contribution < -0.4 is 10.5 Å². The summed E-state index contributed by atoms with van der Waals surface area (Å²) < 4.78 is 5.35. The number of carbonyl (C=O) groups is 2. The Hall–Kier alpha value is -2.88. The van der Waals surface area contributed by atoms with Crippen molar-refractivity contribution in [3.63, 3.8) is 0 Å². The van der Waals surface area contributed by atoms with Crippen LogP contribution in [0.25, 0.3) is 10.8 Å². The normalized spacial score (nSPS) is 11.3. The van der Waals surface area contributed by atoms with Crippen LogP contribution >= 0.6 is 0 Å². The lowest BCUT2D eigenvalue weighted by atomic mass is 9.98. The van der Waals surface area contributed by atoms with E-state index < -0.39 is 5.97 Å². The molecule has 0 heterocycles. The van der Waals surface area contributed by atoms with Crippen molar-refractivity contribution < 1.29 is 14.3 Å². The number of benzene rings is 2. The molecule has 2 N–H and O–H groups in total. The zero-order valence-electron chi connectivity index (χ0n) is 12.6. The maximum Gasteiger partial charge on any atom is 0.340 e. The number of allylic oxidation sites excluding steroid dienone is 1. The Balaban J connectivity index is 2.55.